The zero-order valence-corrected chi connectivity index (χ0v) is 11.3. The summed E-state index contributed by atoms with van der Waals surface area (Å²) in [6.07, 6.45) is -0.632. The Labute approximate surface area is 102 Å². The summed E-state index contributed by atoms with van der Waals surface area (Å²) in [5.41, 5.74) is 4.34. The number of amides is 1. The van der Waals surface area contributed by atoms with Crippen molar-refractivity contribution in [2.75, 3.05) is 7.11 Å². The van der Waals surface area contributed by atoms with E-state index in [1.54, 1.807) is 20.8 Å². The van der Waals surface area contributed by atoms with Crippen LogP contribution in [0.4, 0.5) is 4.79 Å². The molecule has 0 aromatic carbocycles. The van der Waals surface area contributed by atoms with Gasteiger partial charge in [-0.15, -0.1) is 0 Å². The van der Waals surface area contributed by atoms with Crippen molar-refractivity contribution in [3.63, 3.8) is 0 Å². The molecular weight excluding hydrogens is 224 g/mol. The number of esters is 1. The molecule has 0 unspecified atom stereocenters. The number of hydrogen-bond acceptors (Lipinski definition) is 5. The fraction of sp³-hybridized carbons (Fsp3) is 0.818. The van der Waals surface area contributed by atoms with Gasteiger partial charge in [0, 0.05) is 0 Å². The highest BCUT2D eigenvalue weighted by Crippen LogP contribution is 2.06. The molecule has 0 radical (unpaired) electrons. The average molecular weight is 246 g/mol. The van der Waals surface area contributed by atoms with E-state index in [2.05, 4.69) is 15.6 Å². The van der Waals surface area contributed by atoms with Crippen LogP contribution in [0.1, 0.15) is 34.6 Å². The monoisotopic (exact) mass is 246 g/mol. The Morgan fingerprint density at radius 1 is 1.18 bits per heavy atom. The fourth-order valence-corrected chi connectivity index (χ4v) is 1.07. The summed E-state index contributed by atoms with van der Waals surface area (Å²) in [4.78, 5) is 22.7. The molecule has 0 aliphatic heterocycles. The molecular formula is C11H22N2O4. The summed E-state index contributed by atoms with van der Waals surface area (Å²) >= 11 is 0. The molecule has 17 heavy (non-hydrogen) atoms. The van der Waals surface area contributed by atoms with E-state index in [1.165, 1.54) is 7.11 Å². The van der Waals surface area contributed by atoms with E-state index >= 15 is 0 Å². The topological polar surface area (TPSA) is 76.7 Å². The van der Waals surface area contributed by atoms with Crippen molar-refractivity contribution in [1.82, 2.24) is 10.9 Å². The van der Waals surface area contributed by atoms with Gasteiger partial charge in [0.25, 0.3) is 0 Å². The lowest BCUT2D eigenvalue weighted by Crippen LogP contribution is -2.52. The normalized spacial score (nSPS) is 13.1. The third-order valence-electron chi connectivity index (χ3n) is 1.85. The predicted molar refractivity (Wildman–Crippen MR) is 63.1 cm³/mol. The summed E-state index contributed by atoms with van der Waals surface area (Å²) in [7, 11) is 1.30. The molecule has 6 heteroatoms. The Kier molecular flexibility index (Phi) is 5.95. The van der Waals surface area contributed by atoms with Crippen molar-refractivity contribution in [2.24, 2.45) is 5.92 Å². The van der Waals surface area contributed by atoms with E-state index in [9.17, 15) is 9.59 Å². The highest BCUT2D eigenvalue weighted by atomic mass is 16.6. The Balaban J connectivity index is 4.23. The number of methoxy groups -OCH3 is 1. The summed E-state index contributed by atoms with van der Waals surface area (Å²) < 4.78 is 9.63. The lowest BCUT2D eigenvalue weighted by atomic mass is 10.1. The van der Waals surface area contributed by atoms with Gasteiger partial charge in [0.05, 0.1) is 7.11 Å². The second-order valence-corrected chi connectivity index (χ2v) is 5.02. The van der Waals surface area contributed by atoms with Gasteiger partial charge in [-0.2, -0.15) is 0 Å². The van der Waals surface area contributed by atoms with Crippen molar-refractivity contribution >= 4 is 12.1 Å². The quantitative estimate of drug-likeness (QED) is 0.576. The highest BCUT2D eigenvalue weighted by molar-refractivity contribution is 5.76. The maximum atomic E-state index is 11.4. The van der Waals surface area contributed by atoms with Crippen LogP contribution in [0.3, 0.4) is 0 Å². The second-order valence-electron chi connectivity index (χ2n) is 5.02. The standard InChI is InChI=1S/C11H22N2O4/c1-7(2)8(9(14)16-6)12-13-10(15)17-11(3,4)5/h7-8,12H,1-6H3,(H,13,15)/t8-/m0/s1. The van der Waals surface area contributed by atoms with Crippen molar-refractivity contribution in [2.45, 2.75) is 46.3 Å². The van der Waals surface area contributed by atoms with Crippen molar-refractivity contribution < 1.29 is 19.1 Å². The van der Waals surface area contributed by atoms with Gasteiger partial charge >= 0.3 is 12.1 Å². The maximum Gasteiger partial charge on any atom is 0.422 e. The molecule has 2 N–H and O–H groups in total. The fourth-order valence-electron chi connectivity index (χ4n) is 1.07. The molecule has 0 saturated heterocycles. The minimum Gasteiger partial charge on any atom is -0.468 e. The van der Waals surface area contributed by atoms with Crippen LogP contribution in [0, 0.1) is 5.92 Å². The van der Waals surface area contributed by atoms with E-state index in [-0.39, 0.29) is 5.92 Å². The van der Waals surface area contributed by atoms with Crippen molar-refractivity contribution in [1.29, 1.82) is 0 Å². The van der Waals surface area contributed by atoms with Crippen LogP contribution < -0.4 is 10.9 Å². The molecule has 0 rings (SSSR count). The molecule has 0 fully saturated rings. The van der Waals surface area contributed by atoms with Crippen LogP contribution in [0.2, 0.25) is 0 Å². The van der Waals surface area contributed by atoms with Gasteiger partial charge in [0.15, 0.2) is 0 Å². The SMILES string of the molecule is COC(=O)[C@@H](NNC(=O)OC(C)(C)C)C(C)C. The molecule has 100 valence electrons. The first-order valence-electron chi connectivity index (χ1n) is 5.49. The molecule has 0 aromatic heterocycles. The molecule has 0 aliphatic carbocycles. The Morgan fingerprint density at radius 3 is 2.06 bits per heavy atom. The summed E-state index contributed by atoms with van der Waals surface area (Å²) in [6, 6.07) is -0.604. The van der Waals surface area contributed by atoms with Gasteiger partial charge in [-0.25, -0.2) is 10.2 Å². The van der Waals surface area contributed by atoms with Crippen LogP contribution >= 0.6 is 0 Å². The number of carbonyl (C=O) groups excluding carboxylic acids is 2. The lowest BCUT2D eigenvalue weighted by Gasteiger charge is -2.23. The molecule has 0 aromatic rings. The van der Waals surface area contributed by atoms with Crippen LogP contribution in [0.5, 0.6) is 0 Å². The zero-order chi connectivity index (χ0) is 13.6. The van der Waals surface area contributed by atoms with E-state index in [1.807, 2.05) is 13.8 Å². The van der Waals surface area contributed by atoms with Gasteiger partial charge in [-0.3, -0.25) is 10.2 Å². The third-order valence-corrected chi connectivity index (χ3v) is 1.85. The Morgan fingerprint density at radius 2 is 1.71 bits per heavy atom. The molecule has 0 saturated carbocycles. The number of carbonyl (C=O) groups is 2. The van der Waals surface area contributed by atoms with E-state index in [4.69, 9.17) is 4.74 Å². The van der Waals surface area contributed by atoms with Crippen LogP contribution in [-0.2, 0) is 14.3 Å². The smallest absolute Gasteiger partial charge is 0.422 e. The summed E-state index contributed by atoms with van der Waals surface area (Å²) in [5, 5.41) is 0. The van der Waals surface area contributed by atoms with Crippen molar-refractivity contribution in [3.8, 4) is 0 Å². The van der Waals surface area contributed by atoms with Crippen molar-refractivity contribution in [3.05, 3.63) is 0 Å². The molecule has 0 spiro atoms. The second kappa shape index (κ2) is 6.44. The Hall–Kier alpha value is -1.30. The molecule has 0 aliphatic rings. The lowest BCUT2D eigenvalue weighted by molar-refractivity contribution is -0.144. The predicted octanol–water partition coefficient (Wildman–Crippen LogP) is 1.21. The van der Waals surface area contributed by atoms with E-state index in [0.717, 1.165) is 0 Å². The van der Waals surface area contributed by atoms with Gasteiger partial charge < -0.3 is 9.47 Å². The number of ether oxygens (including phenoxy) is 2. The Bertz CT molecular complexity index is 271. The first kappa shape index (κ1) is 15.7. The van der Waals surface area contributed by atoms with Crippen LogP contribution in [0.25, 0.3) is 0 Å². The molecule has 6 nitrogen and oxygen atoms in total. The first-order chi connectivity index (χ1) is 7.67. The summed E-state index contributed by atoms with van der Waals surface area (Å²) in [5.74, 6) is -0.451. The minimum atomic E-state index is -0.632. The van der Waals surface area contributed by atoms with Gasteiger partial charge in [-0.1, -0.05) is 13.8 Å². The number of rotatable bonds is 4. The summed E-state index contributed by atoms with van der Waals surface area (Å²) in [6.45, 7) is 8.95. The molecule has 0 heterocycles. The van der Waals surface area contributed by atoms with Crippen LogP contribution in [-0.4, -0.2) is 30.8 Å². The zero-order valence-electron chi connectivity index (χ0n) is 11.3. The molecule has 0 bridgehead atoms. The molecule has 1 atom stereocenters. The average Bonchev–Trinajstić information content (AvgIpc) is 2.14. The molecule has 1 amide bonds. The van der Waals surface area contributed by atoms with Gasteiger partial charge in [0.2, 0.25) is 0 Å². The van der Waals surface area contributed by atoms with Gasteiger partial charge in [-0.05, 0) is 26.7 Å². The maximum absolute atomic E-state index is 11.4. The van der Waals surface area contributed by atoms with E-state index in [0.29, 0.717) is 0 Å². The minimum absolute atomic E-state index is 0.0163. The third kappa shape index (κ3) is 6.78. The largest absolute Gasteiger partial charge is 0.468 e. The number of hydrazine groups is 1. The van der Waals surface area contributed by atoms with Crippen LogP contribution in [0.15, 0.2) is 0 Å². The van der Waals surface area contributed by atoms with E-state index < -0.39 is 23.7 Å². The number of hydrogen-bond donors (Lipinski definition) is 2. The highest BCUT2D eigenvalue weighted by Gasteiger charge is 2.24. The van der Waals surface area contributed by atoms with Gasteiger partial charge in [0.1, 0.15) is 11.6 Å². The first-order valence-corrected chi connectivity index (χ1v) is 5.49. The number of nitrogens with one attached hydrogen (secondary N) is 2.